The van der Waals surface area contributed by atoms with Gasteiger partial charge in [0.05, 0.1) is 4.92 Å². The molecule has 0 aromatic heterocycles. The van der Waals surface area contributed by atoms with Crippen LogP contribution in [0.3, 0.4) is 0 Å². The first-order chi connectivity index (χ1) is 6.15. The van der Waals surface area contributed by atoms with E-state index in [1.54, 1.807) is 0 Å². The van der Waals surface area contributed by atoms with Crippen LogP contribution in [0.15, 0.2) is 18.2 Å². The summed E-state index contributed by atoms with van der Waals surface area (Å²) in [5.74, 6) is 0.0570. The number of aryl methyl sites for hydroxylation is 1. The first kappa shape index (κ1) is 9.98. The minimum atomic E-state index is -0.447. The Labute approximate surface area is 83.5 Å². The third-order valence-corrected chi connectivity index (χ3v) is 2.02. The number of aromatic hydroxyl groups is 1. The number of benzene rings is 1. The van der Waals surface area contributed by atoms with E-state index in [-0.39, 0.29) is 11.4 Å². The van der Waals surface area contributed by atoms with Gasteiger partial charge in [-0.25, -0.2) is 0 Å². The van der Waals surface area contributed by atoms with Crippen molar-refractivity contribution in [2.45, 2.75) is 6.42 Å². The predicted octanol–water partition coefficient (Wildman–Crippen LogP) is 2.24. The summed E-state index contributed by atoms with van der Waals surface area (Å²) in [6.07, 6.45) is 0.532. The van der Waals surface area contributed by atoms with Crippen LogP contribution in [-0.4, -0.2) is 15.4 Å². The Balaban J connectivity index is 3.10. The van der Waals surface area contributed by atoms with Crippen molar-refractivity contribution in [3.8, 4) is 5.75 Å². The van der Waals surface area contributed by atoms with Crippen LogP contribution in [-0.2, 0) is 6.42 Å². The second-order valence-corrected chi connectivity index (χ2v) is 3.30. The second-order valence-electron chi connectivity index (χ2n) is 2.51. The topological polar surface area (TPSA) is 63.4 Å². The van der Waals surface area contributed by atoms with E-state index in [0.717, 1.165) is 0 Å². The van der Waals surface area contributed by atoms with Crippen molar-refractivity contribution in [3.63, 3.8) is 0 Å². The first-order valence-corrected chi connectivity index (χ1v) is 4.79. The molecular formula is C8H8BrNO3. The van der Waals surface area contributed by atoms with Crippen LogP contribution in [0, 0.1) is 10.1 Å². The lowest BCUT2D eigenvalue weighted by Gasteiger charge is -2.00. The molecule has 1 rings (SSSR count). The van der Waals surface area contributed by atoms with Crippen molar-refractivity contribution < 1.29 is 10.0 Å². The van der Waals surface area contributed by atoms with Crippen molar-refractivity contribution in [1.82, 2.24) is 0 Å². The Kier molecular flexibility index (Phi) is 3.25. The summed E-state index contributed by atoms with van der Waals surface area (Å²) in [4.78, 5) is 10.1. The van der Waals surface area contributed by atoms with Gasteiger partial charge in [0.2, 0.25) is 0 Å². The normalized spacial score (nSPS) is 9.92. The molecule has 0 bridgehead atoms. The monoisotopic (exact) mass is 245 g/mol. The number of phenolic OH excluding ortho intramolecular Hbond substituents is 1. The van der Waals surface area contributed by atoms with Crippen LogP contribution in [0.25, 0.3) is 0 Å². The predicted molar refractivity (Wildman–Crippen MR) is 52.3 cm³/mol. The third kappa shape index (κ3) is 2.42. The fourth-order valence-electron chi connectivity index (χ4n) is 1.05. The van der Waals surface area contributed by atoms with Gasteiger partial charge < -0.3 is 5.11 Å². The highest BCUT2D eigenvalue weighted by Crippen LogP contribution is 2.23. The smallest absolute Gasteiger partial charge is 0.272 e. The molecule has 0 aliphatic rings. The molecule has 1 aromatic rings. The number of hydrogen-bond acceptors (Lipinski definition) is 3. The number of alkyl halides is 1. The van der Waals surface area contributed by atoms with Crippen LogP contribution < -0.4 is 0 Å². The van der Waals surface area contributed by atoms with Crippen LogP contribution in [0.4, 0.5) is 5.69 Å². The van der Waals surface area contributed by atoms with Crippen molar-refractivity contribution >= 4 is 21.6 Å². The molecule has 0 spiro atoms. The molecule has 0 unspecified atom stereocenters. The Hall–Kier alpha value is -1.10. The average molecular weight is 246 g/mol. The molecular weight excluding hydrogens is 238 g/mol. The van der Waals surface area contributed by atoms with Crippen molar-refractivity contribution in [2.75, 3.05) is 5.33 Å². The zero-order valence-corrected chi connectivity index (χ0v) is 8.32. The van der Waals surface area contributed by atoms with E-state index in [1.807, 2.05) is 0 Å². The fraction of sp³-hybridized carbons (Fsp3) is 0.250. The number of phenols is 1. The molecule has 1 aromatic carbocycles. The molecule has 0 fully saturated rings. The molecule has 0 radical (unpaired) electrons. The summed E-state index contributed by atoms with van der Waals surface area (Å²) < 4.78 is 0. The molecule has 0 heterocycles. The van der Waals surface area contributed by atoms with E-state index < -0.39 is 4.92 Å². The lowest BCUT2D eigenvalue weighted by Crippen LogP contribution is -1.95. The molecule has 0 saturated heterocycles. The number of hydrogen-bond donors (Lipinski definition) is 1. The summed E-state index contributed by atoms with van der Waals surface area (Å²) in [5, 5.41) is 20.3. The maximum Gasteiger partial charge on any atom is 0.272 e. The molecule has 0 atom stereocenters. The summed E-state index contributed by atoms with van der Waals surface area (Å²) >= 11 is 3.19. The number of nitro groups is 1. The highest BCUT2D eigenvalue weighted by atomic mass is 79.9. The largest absolute Gasteiger partial charge is 0.508 e. The molecule has 0 amide bonds. The van der Waals surface area contributed by atoms with Gasteiger partial charge in [0.15, 0.2) is 0 Å². The molecule has 0 aliphatic carbocycles. The Bertz CT molecular complexity index is 327. The molecule has 70 valence electrons. The van der Waals surface area contributed by atoms with Crippen molar-refractivity contribution in [3.05, 3.63) is 33.9 Å². The maximum atomic E-state index is 10.5. The molecule has 4 nitrogen and oxygen atoms in total. The lowest BCUT2D eigenvalue weighted by molar-refractivity contribution is -0.385. The van der Waals surface area contributed by atoms with Crippen molar-refractivity contribution in [2.24, 2.45) is 0 Å². The van der Waals surface area contributed by atoms with Gasteiger partial charge in [-0.05, 0) is 18.6 Å². The quantitative estimate of drug-likeness (QED) is 0.505. The minimum Gasteiger partial charge on any atom is -0.508 e. The average Bonchev–Trinajstić information content (AvgIpc) is 2.04. The Morgan fingerprint density at radius 2 is 2.23 bits per heavy atom. The van der Waals surface area contributed by atoms with Gasteiger partial charge in [-0.2, -0.15) is 0 Å². The standard InChI is InChI=1S/C8H8BrNO3/c9-4-3-6-5-7(11)1-2-8(6)10(12)13/h1-2,5,11H,3-4H2. The summed E-state index contributed by atoms with van der Waals surface area (Å²) in [6.45, 7) is 0. The van der Waals surface area contributed by atoms with Gasteiger partial charge in [-0.3, -0.25) is 10.1 Å². The van der Waals surface area contributed by atoms with Crippen LogP contribution in [0.5, 0.6) is 5.75 Å². The van der Waals surface area contributed by atoms with Gasteiger partial charge in [0.1, 0.15) is 5.75 Å². The van der Waals surface area contributed by atoms with E-state index >= 15 is 0 Å². The van der Waals surface area contributed by atoms with E-state index in [1.165, 1.54) is 18.2 Å². The zero-order chi connectivity index (χ0) is 9.84. The Morgan fingerprint density at radius 1 is 1.54 bits per heavy atom. The zero-order valence-electron chi connectivity index (χ0n) is 6.74. The fourth-order valence-corrected chi connectivity index (χ4v) is 1.48. The van der Waals surface area contributed by atoms with Crippen molar-refractivity contribution in [1.29, 1.82) is 0 Å². The van der Waals surface area contributed by atoms with Crippen LogP contribution in [0.1, 0.15) is 5.56 Å². The molecule has 13 heavy (non-hydrogen) atoms. The van der Waals surface area contributed by atoms with Gasteiger partial charge in [-0.1, -0.05) is 15.9 Å². The highest BCUT2D eigenvalue weighted by Gasteiger charge is 2.12. The molecule has 0 aliphatic heterocycles. The van der Waals surface area contributed by atoms with Crippen LogP contribution in [0.2, 0.25) is 0 Å². The minimum absolute atomic E-state index is 0.0530. The lowest BCUT2D eigenvalue weighted by atomic mass is 10.1. The van der Waals surface area contributed by atoms with Gasteiger partial charge in [-0.15, -0.1) is 0 Å². The maximum absolute atomic E-state index is 10.5. The first-order valence-electron chi connectivity index (χ1n) is 3.67. The van der Waals surface area contributed by atoms with Gasteiger partial charge >= 0.3 is 0 Å². The van der Waals surface area contributed by atoms with E-state index in [4.69, 9.17) is 5.11 Å². The highest BCUT2D eigenvalue weighted by molar-refractivity contribution is 9.09. The van der Waals surface area contributed by atoms with E-state index in [9.17, 15) is 10.1 Å². The molecule has 5 heteroatoms. The van der Waals surface area contributed by atoms with E-state index in [2.05, 4.69) is 15.9 Å². The number of rotatable bonds is 3. The third-order valence-electron chi connectivity index (χ3n) is 1.62. The summed E-state index contributed by atoms with van der Waals surface area (Å²) in [7, 11) is 0. The number of nitrogens with zero attached hydrogens (tertiary/aromatic N) is 1. The second kappa shape index (κ2) is 4.23. The van der Waals surface area contributed by atoms with E-state index in [0.29, 0.717) is 17.3 Å². The van der Waals surface area contributed by atoms with Crippen LogP contribution >= 0.6 is 15.9 Å². The summed E-state index contributed by atoms with van der Waals surface area (Å²) in [5.41, 5.74) is 0.596. The molecule has 1 N–H and O–H groups in total. The molecule has 0 saturated carbocycles. The Morgan fingerprint density at radius 3 is 2.77 bits per heavy atom. The number of halogens is 1. The SMILES string of the molecule is O=[N+]([O-])c1ccc(O)cc1CCBr. The number of nitro benzene ring substituents is 1. The van der Waals surface area contributed by atoms with Gasteiger partial charge in [0.25, 0.3) is 5.69 Å². The van der Waals surface area contributed by atoms with Gasteiger partial charge in [0, 0.05) is 17.0 Å². The summed E-state index contributed by atoms with van der Waals surface area (Å²) in [6, 6.07) is 4.04.